The Morgan fingerprint density at radius 1 is 1.50 bits per heavy atom. The molecule has 16 heavy (non-hydrogen) atoms. The van der Waals surface area contributed by atoms with Gasteiger partial charge in [-0.25, -0.2) is 4.39 Å². The van der Waals surface area contributed by atoms with Gasteiger partial charge >= 0.3 is 0 Å². The number of rotatable bonds is 4. The highest BCUT2D eigenvalue weighted by atomic mass is 79.9. The van der Waals surface area contributed by atoms with Gasteiger partial charge in [0.2, 0.25) is 0 Å². The van der Waals surface area contributed by atoms with Crippen LogP contribution in [0.3, 0.4) is 0 Å². The van der Waals surface area contributed by atoms with Crippen LogP contribution in [0.2, 0.25) is 0 Å². The summed E-state index contributed by atoms with van der Waals surface area (Å²) in [6.07, 6.45) is 0.677. The van der Waals surface area contributed by atoms with Crippen molar-refractivity contribution in [2.45, 2.75) is 31.8 Å². The molecule has 0 aliphatic heterocycles. The molecule has 1 rings (SSSR count). The Bertz CT molecular complexity index is 361. The summed E-state index contributed by atoms with van der Waals surface area (Å²) >= 11 is 3.35. The minimum absolute atomic E-state index is 0.0718. The summed E-state index contributed by atoms with van der Waals surface area (Å²) < 4.78 is 14.6. The number of nitrogens with one attached hydrogen (secondary N) is 1. The van der Waals surface area contributed by atoms with Crippen molar-refractivity contribution in [2.24, 2.45) is 5.73 Å². The zero-order valence-electron chi connectivity index (χ0n) is 9.85. The lowest BCUT2D eigenvalue weighted by atomic mass is 9.92. The lowest BCUT2D eigenvalue weighted by Gasteiger charge is -2.26. The molecule has 1 aromatic rings. The largest absolute Gasteiger partial charge is 0.325 e. The van der Waals surface area contributed by atoms with Crippen molar-refractivity contribution < 1.29 is 4.39 Å². The molecule has 0 heterocycles. The van der Waals surface area contributed by atoms with Gasteiger partial charge in [-0.15, -0.1) is 0 Å². The monoisotopic (exact) mass is 288 g/mol. The molecule has 4 heteroatoms. The van der Waals surface area contributed by atoms with Crippen molar-refractivity contribution in [3.63, 3.8) is 0 Å². The second-order valence-corrected chi connectivity index (χ2v) is 5.62. The smallest absolute Gasteiger partial charge is 0.128 e. The third kappa shape index (κ3) is 3.85. The van der Waals surface area contributed by atoms with E-state index in [0.717, 1.165) is 4.47 Å². The minimum Gasteiger partial charge on any atom is -0.325 e. The van der Waals surface area contributed by atoms with Gasteiger partial charge in [-0.05, 0) is 45.5 Å². The second kappa shape index (κ2) is 5.25. The molecule has 0 radical (unpaired) electrons. The lowest BCUT2D eigenvalue weighted by molar-refractivity contribution is 0.387. The fourth-order valence-corrected chi connectivity index (χ4v) is 2.05. The molecule has 0 saturated heterocycles. The molecule has 90 valence electrons. The van der Waals surface area contributed by atoms with Crippen LogP contribution in [-0.2, 0) is 0 Å². The van der Waals surface area contributed by atoms with Crippen LogP contribution >= 0.6 is 15.9 Å². The Labute approximate surface area is 105 Å². The van der Waals surface area contributed by atoms with Crippen LogP contribution in [-0.4, -0.2) is 12.6 Å². The molecule has 0 aliphatic rings. The summed E-state index contributed by atoms with van der Waals surface area (Å²) in [5.41, 5.74) is 6.28. The molecule has 0 fully saturated rings. The van der Waals surface area contributed by atoms with Gasteiger partial charge in [-0.3, -0.25) is 0 Å². The van der Waals surface area contributed by atoms with E-state index in [1.54, 1.807) is 12.1 Å². The maximum absolute atomic E-state index is 13.7. The van der Waals surface area contributed by atoms with E-state index >= 15 is 0 Å². The Kier molecular flexibility index (Phi) is 4.47. The van der Waals surface area contributed by atoms with Gasteiger partial charge in [-0.1, -0.05) is 15.9 Å². The zero-order valence-corrected chi connectivity index (χ0v) is 11.4. The Balaban J connectivity index is 2.99. The first-order chi connectivity index (χ1) is 7.33. The predicted molar refractivity (Wildman–Crippen MR) is 68.8 cm³/mol. The molecule has 0 saturated carbocycles. The number of hydrogen-bond acceptors (Lipinski definition) is 2. The molecule has 0 bridgehead atoms. The molecule has 3 N–H and O–H groups in total. The molecule has 0 amide bonds. The lowest BCUT2D eigenvalue weighted by Crippen LogP contribution is -2.37. The number of nitrogens with two attached hydrogens (primary N) is 1. The summed E-state index contributed by atoms with van der Waals surface area (Å²) in [5.74, 6) is -0.202. The first-order valence-corrected chi connectivity index (χ1v) is 6.04. The van der Waals surface area contributed by atoms with E-state index in [4.69, 9.17) is 5.73 Å². The van der Waals surface area contributed by atoms with Crippen molar-refractivity contribution in [3.05, 3.63) is 34.1 Å². The number of benzene rings is 1. The quantitative estimate of drug-likeness (QED) is 0.894. The molecule has 0 aliphatic carbocycles. The van der Waals surface area contributed by atoms with Crippen molar-refractivity contribution in [1.29, 1.82) is 0 Å². The normalized spacial score (nSPS) is 13.9. The highest BCUT2D eigenvalue weighted by Gasteiger charge is 2.21. The van der Waals surface area contributed by atoms with E-state index in [1.165, 1.54) is 6.07 Å². The van der Waals surface area contributed by atoms with Gasteiger partial charge < -0.3 is 11.1 Å². The minimum atomic E-state index is -0.331. The van der Waals surface area contributed by atoms with Crippen LogP contribution in [0, 0.1) is 5.82 Å². The summed E-state index contributed by atoms with van der Waals surface area (Å²) in [5, 5.41) is 3.10. The van der Waals surface area contributed by atoms with Gasteiger partial charge in [0, 0.05) is 21.6 Å². The molecule has 0 aromatic heterocycles. The standard InChI is InChI=1S/C12H18BrFN2/c1-12(2,15)7-11(16-3)9-6-8(13)4-5-10(9)14/h4-6,11,16H,7,15H2,1-3H3. The molecular weight excluding hydrogens is 271 g/mol. The van der Waals surface area contributed by atoms with Crippen LogP contribution < -0.4 is 11.1 Å². The topological polar surface area (TPSA) is 38.0 Å². The van der Waals surface area contributed by atoms with E-state index in [9.17, 15) is 4.39 Å². The van der Waals surface area contributed by atoms with E-state index in [1.807, 2.05) is 20.9 Å². The SMILES string of the molecule is CNC(CC(C)(C)N)c1cc(Br)ccc1F. The van der Waals surface area contributed by atoms with Crippen molar-refractivity contribution in [1.82, 2.24) is 5.32 Å². The van der Waals surface area contributed by atoms with E-state index in [0.29, 0.717) is 12.0 Å². The van der Waals surface area contributed by atoms with Gasteiger partial charge in [0.1, 0.15) is 5.82 Å². The van der Waals surface area contributed by atoms with Crippen LogP contribution in [0.25, 0.3) is 0 Å². The Morgan fingerprint density at radius 2 is 2.12 bits per heavy atom. The first-order valence-electron chi connectivity index (χ1n) is 5.24. The molecule has 1 aromatic carbocycles. The summed E-state index contributed by atoms with van der Waals surface area (Å²) in [7, 11) is 1.82. The van der Waals surface area contributed by atoms with Gasteiger partial charge in [0.05, 0.1) is 0 Å². The van der Waals surface area contributed by atoms with Gasteiger partial charge in [-0.2, -0.15) is 0 Å². The maximum Gasteiger partial charge on any atom is 0.128 e. The van der Waals surface area contributed by atoms with E-state index < -0.39 is 0 Å². The molecule has 0 spiro atoms. The molecule has 1 unspecified atom stereocenters. The highest BCUT2D eigenvalue weighted by molar-refractivity contribution is 9.10. The summed E-state index contributed by atoms with van der Waals surface area (Å²) in [4.78, 5) is 0. The fourth-order valence-electron chi connectivity index (χ4n) is 1.68. The Hall–Kier alpha value is -0.450. The molecular formula is C12H18BrFN2. The van der Waals surface area contributed by atoms with Crippen LogP contribution in [0.4, 0.5) is 4.39 Å². The zero-order chi connectivity index (χ0) is 12.3. The summed E-state index contributed by atoms with van der Waals surface area (Å²) in [6.45, 7) is 3.88. The number of hydrogen-bond donors (Lipinski definition) is 2. The van der Waals surface area contributed by atoms with E-state index in [-0.39, 0.29) is 17.4 Å². The third-order valence-corrected chi connectivity index (χ3v) is 2.91. The summed E-state index contributed by atoms with van der Waals surface area (Å²) in [6, 6.07) is 4.88. The molecule has 1 atom stereocenters. The maximum atomic E-state index is 13.7. The van der Waals surface area contributed by atoms with Crippen LogP contribution in [0.5, 0.6) is 0 Å². The third-order valence-electron chi connectivity index (χ3n) is 2.41. The van der Waals surface area contributed by atoms with Crippen LogP contribution in [0.1, 0.15) is 31.9 Å². The Morgan fingerprint density at radius 3 is 2.62 bits per heavy atom. The van der Waals surface area contributed by atoms with Crippen molar-refractivity contribution >= 4 is 15.9 Å². The second-order valence-electron chi connectivity index (χ2n) is 4.70. The first kappa shape index (κ1) is 13.6. The average Bonchev–Trinajstić information content (AvgIpc) is 2.17. The average molecular weight is 289 g/mol. The molecule has 2 nitrogen and oxygen atoms in total. The number of halogens is 2. The van der Waals surface area contributed by atoms with Crippen molar-refractivity contribution in [3.8, 4) is 0 Å². The predicted octanol–water partition coefficient (Wildman–Crippen LogP) is 2.98. The van der Waals surface area contributed by atoms with Crippen LogP contribution in [0.15, 0.2) is 22.7 Å². The van der Waals surface area contributed by atoms with Gasteiger partial charge in [0.25, 0.3) is 0 Å². The van der Waals surface area contributed by atoms with Crippen molar-refractivity contribution in [2.75, 3.05) is 7.05 Å². The highest BCUT2D eigenvalue weighted by Crippen LogP contribution is 2.26. The van der Waals surface area contributed by atoms with E-state index in [2.05, 4.69) is 21.2 Å². The fraction of sp³-hybridized carbons (Fsp3) is 0.500. The van der Waals surface area contributed by atoms with Gasteiger partial charge in [0.15, 0.2) is 0 Å².